The van der Waals surface area contributed by atoms with Crippen molar-refractivity contribution in [1.29, 1.82) is 0 Å². The van der Waals surface area contributed by atoms with Gasteiger partial charge in [0.05, 0.1) is 35.2 Å². The normalized spacial score (nSPS) is 15.2. The zero-order valence-corrected chi connectivity index (χ0v) is 34.9. The Hall–Kier alpha value is -5.88. The van der Waals surface area contributed by atoms with E-state index in [2.05, 4.69) is 133 Å². The van der Waals surface area contributed by atoms with Gasteiger partial charge < -0.3 is 28.4 Å². The van der Waals surface area contributed by atoms with Crippen LogP contribution in [-0.2, 0) is 10.8 Å². The summed E-state index contributed by atoms with van der Waals surface area (Å²) >= 11 is 0. The van der Waals surface area contributed by atoms with Gasteiger partial charge in [-0.1, -0.05) is 60.7 Å². The van der Waals surface area contributed by atoms with Gasteiger partial charge in [-0.3, -0.25) is 0 Å². The Morgan fingerprint density at radius 3 is 0.862 bits per heavy atom. The maximum absolute atomic E-state index is 6.79. The fourth-order valence-corrected chi connectivity index (χ4v) is 8.33. The summed E-state index contributed by atoms with van der Waals surface area (Å²) in [6.07, 6.45) is 5.12. The van der Waals surface area contributed by atoms with Crippen molar-refractivity contribution in [1.82, 2.24) is 0 Å². The van der Waals surface area contributed by atoms with Crippen molar-refractivity contribution in [2.24, 2.45) is 0 Å². The zero-order chi connectivity index (χ0) is 40.6. The smallest absolute Gasteiger partial charge is 0.126 e. The molecule has 0 aromatic heterocycles. The lowest BCUT2D eigenvalue weighted by Gasteiger charge is -2.36. The van der Waals surface area contributed by atoms with E-state index in [1.807, 2.05) is 55.4 Å². The van der Waals surface area contributed by atoms with Gasteiger partial charge in [-0.2, -0.15) is 0 Å². The van der Waals surface area contributed by atoms with Gasteiger partial charge >= 0.3 is 0 Å². The molecule has 6 aromatic rings. The molecule has 0 radical (unpaired) electrons. The molecule has 298 valence electrons. The molecule has 0 saturated carbocycles. The van der Waals surface area contributed by atoms with Crippen LogP contribution in [0.25, 0.3) is 22.9 Å². The van der Waals surface area contributed by atoms with Crippen molar-refractivity contribution in [3.63, 3.8) is 0 Å². The minimum atomic E-state index is -0.590. The van der Waals surface area contributed by atoms with Crippen LogP contribution in [0, 0.1) is 0 Å². The number of ether oxygens (including phenoxy) is 6. The van der Waals surface area contributed by atoms with Crippen LogP contribution in [0.5, 0.6) is 34.5 Å². The molecular weight excluding hydrogens is 721 g/mol. The monoisotopic (exact) mass is 774 g/mol. The van der Waals surface area contributed by atoms with E-state index in [9.17, 15) is 0 Å². The average molecular weight is 775 g/mol. The van der Waals surface area contributed by atoms with Crippen molar-refractivity contribution < 1.29 is 28.4 Å². The lowest BCUT2D eigenvalue weighted by atomic mass is 9.72. The van der Waals surface area contributed by atoms with Crippen LogP contribution in [0.4, 0.5) is 0 Å². The summed E-state index contributed by atoms with van der Waals surface area (Å²) in [4.78, 5) is 0. The first kappa shape index (κ1) is 39.0. The third kappa shape index (κ3) is 7.60. The fourth-order valence-electron chi connectivity index (χ4n) is 8.33. The number of hydrogen-bond donors (Lipinski definition) is 0. The second-order valence-corrected chi connectivity index (χ2v) is 16.6. The van der Waals surface area contributed by atoms with Crippen LogP contribution >= 0.6 is 0 Å². The molecule has 2 aliphatic heterocycles. The molecule has 6 heteroatoms. The molecule has 0 saturated heterocycles. The van der Waals surface area contributed by atoms with E-state index in [4.69, 9.17) is 28.4 Å². The zero-order valence-electron chi connectivity index (χ0n) is 34.9. The summed E-state index contributed by atoms with van der Waals surface area (Å²) in [5, 5.41) is 4.28. The predicted molar refractivity (Wildman–Crippen MR) is 234 cm³/mol. The van der Waals surface area contributed by atoms with Gasteiger partial charge in [0, 0.05) is 10.4 Å². The van der Waals surface area contributed by atoms with Crippen LogP contribution in [-0.4, -0.2) is 37.6 Å². The summed E-state index contributed by atoms with van der Waals surface area (Å²) in [5.74, 6) is 5.07. The Labute approximate surface area is 342 Å². The number of rotatable bonds is 12. The standard InChI is InChI=1S/C52H54O6/c1-33(2)55-41-17-9-37(10-18-41)51(38-11-19-42(20-12-38)56-34(3)4)29-47-45-25-28-50-48(46(45)26-27-49(47)53-31-51)30-52(32-54-50,39-13-21-43(22-14-39)57-35(5)6)40-15-23-44(24-16-40)58-36(7)8/h9-30,33-36H,31-32H2,1-8H3. The Balaban J connectivity index is 1.33. The first-order chi connectivity index (χ1) is 27.9. The molecule has 0 amide bonds. The van der Waals surface area contributed by atoms with Crippen LogP contribution in [0.15, 0.2) is 121 Å². The van der Waals surface area contributed by atoms with Gasteiger partial charge in [-0.25, -0.2) is 0 Å². The van der Waals surface area contributed by atoms with Crippen molar-refractivity contribution in [3.05, 3.63) is 154 Å². The molecule has 6 aromatic carbocycles. The van der Waals surface area contributed by atoms with E-state index in [-0.39, 0.29) is 24.4 Å². The fraction of sp³-hybridized carbons (Fsp3) is 0.308. The highest BCUT2D eigenvalue weighted by atomic mass is 16.5. The summed E-state index contributed by atoms with van der Waals surface area (Å²) in [6.45, 7) is 17.2. The molecule has 0 fully saturated rings. The van der Waals surface area contributed by atoms with Gasteiger partial charge in [0.25, 0.3) is 0 Å². The minimum Gasteiger partial charge on any atom is -0.491 e. The van der Waals surface area contributed by atoms with E-state index >= 15 is 0 Å². The molecule has 58 heavy (non-hydrogen) atoms. The van der Waals surface area contributed by atoms with Crippen LogP contribution in [0.2, 0.25) is 0 Å². The number of fused-ring (bicyclic) bond motifs is 5. The summed E-state index contributed by atoms with van der Waals surface area (Å²) in [5.41, 5.74) is 3.29. The Kier molecular flexibility index (Phi) is 10.6. The molecule has 6 nitrogen and oxygen atoms in total. The van der Waals surface area contributed by atoms with Crippen LogP contribution in [0.1, 0.15) is 77.6 Å². The third-order valence-corrected chi connectivity index (χ3v) is 10.9. The lowest BCUT2D eigenvalue weighted by Crippen LogP contribution is -2.40. The summed E-state index contributed by atoms with van der Waals surface area (Å²) in [6, 6.07) is 42.4. The summed E-state index contributed by atoms with van der Waals surface area (Å²) in [7, 11) is 0. The Morgan fingerprint density at radius 1 is 0.362 bits per heavy atom. The van der Waals surface area contributed by atoms with E-state index in [0.717, 1.165) is 78.0 Å². The molecule has 0 unspecified atom stereocenters. The second kappa shape index (κ2) is 15.8. The molecular formula is C52H54O6. The highest BCUT2D eigenvalue weighted by Crippen LogP contribution is 2.42. The highest BCUT2D eigenvalue weighted by Gasteiger charge is 2.38. The third-order valence-electron chi connectivity index (χ3n) is 10.9. The molecule has 0 bridgehead atoms. The maximum Gasteiger partial charge on any atom is 0.126 e. The first-order valence-corrected chi connectivity index (χ1v) is 20.6. The molecule has 0 spiro atoms. The molecule has 0 aliphatic carbocycles. The molecule has 8 rings (SSSR count). The Bertz CT molecular complexity index is 2210. The van der Waals surface area contributed by atoms with Gasteiger partial charge in [-0.05, 0) is 161 Å². The SMILES string of the molecule is CC(C)Oc1ccc(C2(c3ccc(OC(C)C)cc3)C=c3c(ccc4c5c(ccc34)OCC(c3ccc(OC(C)C)cc3)(c3ccc(OC(C)C)cc3)C=5)OC2)cc1. The quantitative estimate of drug-likeness (QED) is 0.123. The van der Waals surface area contributed by atoms with Crippen molar-refractivity contribution in [3.8, 4) is 34.5 Å². The second-order valence-electron chi connectivity index (χ2n) is 16.6. The maximum atomic E-state index is 6.79. The molecule has 0 atom stereocenters. The van der Waals surface area contributed by atoms with Crippen LogP contribution in [0.3, 0.4) is 0 Å². The van der Waals surface area contributed by atoms with Gasteiger partial charge in [0.1, 0.15) is 47.7 Å². The van der Waals surface area contributed by atoms with Gasteiger partial charge in [0.2, 0.25) is 0 Å². The minimum absolute atomic E-state index is 0.0816. The number of hydrogen-bond acceptors (Lipinski definition) is 6. The summed E-state index contributed by atoms with van der Waals surface area (Å²) < 4.78 is 37.8. The van der Waals surface area contributed by atoms with E-state index in [1.54, 1.807) is 0 Å². The lowest BCUT2D eigenvalue weighted by molar-refractivity contribution is 0.241. The number of benzene rings is 6. The molecule has 2 aliphatic rings. The van der Waals surface area contributed by atoms with E-state index < -0.39 is 10.8 Å². The largest absolute Gasteiger partial charge is 0.491 e. The van der Waals surface area contributed by atoms with Crippen molar-refractivity contribution >= 4 is 22.9 Å². The average Bonchev–Trinajstić information content (AvgIpc) is 3.20. The van der Waals surface area contributed by atoms with Gasteiger partial charge in [0.15, 0.2) is 0 Å². The van der Waals surface area contributed by atoms with E-state index in [1.165, 1.54) is 0 Å². The molecule has 2 heterocycles. The van der Waals surface area contributed by atoms with Crippen molar-refractivity contribution in [2.75, 3.05) is 13.2 Å². The first-order valence-electron chi connectivity index (χ1n) is 20.6. The highest BCUT2D eigenvalue weighted by molar-refractivity contribution is 5.90. The topological polar surface area (TPSA) is 55.4 Å². The molecule has 0 N–H and O–H groups in total. The van der Waals surface area contributed by atoms with Gasteiger partial charge in [-0.15, -0.1) is 0 Å². The Morgan fingerprint density at radius 2 is 0.621 bits per heavy atom. The van der Waals surface area contributed by atoms with Crippen LogP contribution < -0.4 is 38.9 Å². The van der Waals surface area contributed by atoms with Crippen molar-refractivity contribution in [2.45, 2.75) is 90.6 Å². The van der Waals surface area contributed by atoms with E-state index in [0.29, 0.717) is 13.2 Å². The predicted octanol–water partition coefficient (Wildman–Crippen LogP) is 10.3.